The number of aliphatic hydroxyl groups excluding tert-OH is 2. The molecule has 0 saturated carbocycles. The minimum Gasteiger partial charge on any atom is -0.493 e. The van der Waals surface area contributed by atoms with E-state index in [9.17, 15) is 0 Å². The van der Waals surface area contributed by atoms with Gasteiger partial charge in [-0.25, -0.2) is 0 Å². The molecule has 2 N–H and O–H groups in total. The Bertz CT molecular complexity index is 381. The predicted molar refractivity (Wildman–Crippen MR) is 73.6 cm³/mol. The molecule has 0 aliphatic carbocycles. The van der Waals surface area contributed by atoms with Gasteiger partial charge in [0, 0.05) is 29.7 Å². The lowest BCUT2D eigenvalue weighted by Crippen LogP contribution is -2.30. The molecule has 0 saturated heterocycles. The van der Waals surface area contributed by atoms with Gasteiger partial charge in [-0.15, -0.1) is 0 Å². The summed E-state index contributed by atoms with van der Waals surface area (Å²) in [5.41, 5.74) is 0.843. The molecule has 1 aromatic carbocycles. The summed E-state index contributed by atoms with van der Waals surface area (Å²) in [6.45, 7) is 0.908. The quantitative estimate of drug-likeness (QED) is 0.792. The zero-order valence-electron chi connectivity index (χ0n) is 10.5. The minimum atomic E-state index is 0.0147. The summed E-state index contributed by atoms with van der Waals surface area (Å²) in [7, 11) is 3.14. The van der Waals surface area contributed by atoms with Crippen LogP contribution in [0.3, 0.4) is 0 Å². The summed E-state index contributed by atoms with van der Waals surface area (Å²) in [5.74, 6) is 1.23. The van der Waals surface area contributed by atoms with Crippen molar-refractivity contribution in [2.75, 3.05) is 45.4 Å². The standard InChI is InChI=1S/C12H18BrNO4/c1-17-11-7-9(13)10(8-12(11)18-2)14(3-5-15)4-6-16/h7-8,15-16H,3-6H2,1-2H3. The Balaban J connectivity index is 3.12. The smallest absolute Gasteiger partial charge is 0.162 e. The van der Waals surface area contributed by atoms with Crippen LogP contribution in [0.15, 0.2) is 16.6 Å². The van der Waals surface area contributed by atoms with Crippen LogP contribution in [0.5, 0.6) is 11.5 Å². The van der Waals surface area contributed by atoms with Crippen molar-refractivity contribution in [3.05, 3.63) is 16.6 Å². The summed E-state index contributed by atoms with van der Waals surface area (Å²) < 4.78 is 11.3. The fourth-order valence-electron chi connectivity index (χ4n) is 1.68. The first-order chi connectivity index (χ1) is 8.67. The Hall–Kier alpha value is -0.980. The van der Waals surface area contributed by atoms with Gasteiger partial charge in [0.1, 0.15) is 0 Å². The number of nitrogens with zero attached hydrogens (tertiary/aromatic N) is 1. The Morgan fingerprint density at radius 3 is 2.00 bits per heavy atom. The highest BCUT2D eigenvalue weighted by molar-refractivity contribution is 9.10. The number of anilines is 1. The molecule has 0 fully saturated rings. The SMILES string of the molecule is COc1cc(Br)c(N(CCO)CCO)cc1OC. The topological polar surface area (TPSA) is 62.2 Å². The first kappa shape index (κ1) is 15.1. The third-order valence-corrected chi connectivity index (χ3v) is 3.17. The van der Waals surface area contributed by atoms with E-state index in [0.717, 1.165) is 10.2 Å². The Kier molecular flexibility index (Phi) is 6.24. The zero-order valence-corrected chi connectivity index (χ0v) is 12.1. The summed E-state index contributed by atoms with van der Waals surface area (Å²) in [6.07, 6.45) is 0. The number of halogens is 1. The number of ether oxygens (including phenoxy) is 2. The molecule has 1 aromatic rings. The van der Waals surface area contributed by atoms with Crippen LogP contribution in [-0.2, 0) is 0 Å². The summed E-state index contributed by atoms with van der Waals surface area (Å²) in [6, 6.07) is 3.62. The van der Waals surface area contributed by atoms with E-state index in [2.05, 4.69) is 15.9 Å². The maximum absolute atomic E-state index is 9.05. The molecule has 0 heterocycles. The van der Waals surface area contributed by atoms with Crippen molar-refractivity contribution < 1.29 is 19.7 Å². The molecule has 0 bridgehead atoms. The third-order valence-electron chi connectivity index (χ3n) is 2.53. The number of benzene rings is 1. The maximum atomic E-state index is 9.05. The molecule has 0 amide bonds. The molecule has 18 heavy (non-hydrogen) atoms. The van der Waals surface area contributed by atoms with Gasteiger partial charge in [-0.3, -0.25) is 0 Å². The molecule has 102 valence electrons. The van der Waals surface area contributed by atoms with Crippen molar-refractivity contribution in [3.63, 3.8) is 0 Å². The van der Waals surface area contributed by atoms with Crippen LogP contribution in [0, 0.1) is 0 Å². The molecular formula is C12H18BrNO4. The lowest BCUT2D eigenvalue weighted by Gasteiger charge is -2.25. The second-order valence-electron chi connectivity index (χ2n) is 3.59. The van der Waals surface area contributed by atoms with Crippen LogP contribution < -0.4 is 14.4 Å². The first-order valence-corrected chi connectivity index (χ1v) is 6.35. The number of rotatable bonds is 7. The monoisotopic (exact) mass is 319 g/mol. The van der Waals surface area contributed by atoms with Crippen molar-refractivity contribution in [3.8, 4) is 11.5 Å². The summed E-state index contributed by atoms with van der Waals surface area (Å²) in [4.78, 5) is 1.87. The predicted octanol–water partition coefficient (Wildman–Crippen LogP) is 1.26. The van der Waals surface area contributed by atoms with Crippen molar-refractivity contribution in [1.82, 2.24) is 0 Å². The van der Waals surface area contributed by atoms with Crippen molar-refractivity contribution >= 4 is 21.6 Å². The molecule has 0 radical (unpaired) electrons. The molecule has 0 atom stereocenters. The Labute approximate surface area is 115 Å². The lowest BCUT2D eigenvalue weighted by molar-refractivity contribution is 0.281. The van der Waals surface area contributed by atoms with Gasteiger partial charge >= 0.3 is 0 Å². The number of methoxy groups -OCH3 is 2. The Morgan fingerprint density at radius 1 is 1.06 bits per heavy atom. The fraction of sp³-hybridized carbons (Fsp3) is 0.500. The molecule has 0 aromatic heterocycles. The van der Waals surface area contributed by atoms with E-state index in [4.69, 9.17) is 19.7 Å². The van der Waals surface area contributed by atoms with Crippen LogP contribution in [0.1, 0.15) is 0 Å². The average Bonchev–Trinajstić information content (AvgIpc) is 2.38. The van der Waals surface area contributed by atoms with Gasteiger partial charge in [0.15, 0.2) is 11.5 Å². The summed E-state index contributed by atoms with van der Waals surface area (Å²) in [5, 5.41) is 18.1. The van der Waals surface area contributed by atoms with E-state index < -0.39 is 0 Å². The van der Waals surface area contributed by atoms with Crippen LogP contribution in [-0.4, -0.2) is 50.7 Å². The van der Waals surface area contributed by atoms with Crippen LogP contribution >= 0.6 is 15.9 Å². The molecule has 5 nitrogen and oxygen atoms in total. The highest BCUT2D eigenvalue weighted by Crippen LogP contribution is 2.37. The minimum absolute atomic E-state index is 0.0147. The highest BCUT2D eigenvalue weighted by Gasteiger charge is 2.14. The molecule has 0 aliphatic rings. The number of hydrogen-bond acceptors (Lipinski definition) is 5. The highest BCUT2D eigenvalue weighted by atomic mass is 79.9. The third kappa shape index (κ3) is 3.51. The van der Waals surface area contributed by atoms with Gasteiger partial charge in [0.2, 0.25) is 0 Å². The van der Waals surface area contributed by atoms with Crippen molar-refractivity contribution in [1.29, 1.82) is 0 Å². The molecule has 1 rings (SSSR count). The summed E-state index contributed by atoms with van der Waals surface area (Å²) >= 11 is 3.45. The second kappa shape index (κ2) is 7.45. The van der Waals surface area contributed by atoms with E-state index in [1.807, 2.05) is 11.0 Å². The normalized spacial score (nSPS) is 10.3. The molecule has 0 spiro atoms. The molecule has 0 unspecified atom stereocenters. The van der Waals surface area contributed by atoms with E-state index in [1.165, 1.54) is 0 Å². The van der Waals surface area contributed by atoms with E-state index >= 15 is 0 Å². The zero-order chi connectivity index (χ0) is 13.5. The fourth-order valence-corrected chi connectivity index (χ4v) is 2.25. The van der Waals surface area contributed by atoms with E-state index in [-0.39, 0.29) is 13.2 Å². The number of aliphatic hydroxyl groups is 2. The van der Waals surface area contributed by atoms with Gasteiger partial charge in [-0.05, 0) is 15.9 Å². The maximum Gasteiger partial charge on any atom is 0.162 e. The van der Waals surface area contributed by atoms with Crippen molar-refractivity contribution in [2.45, 2.75) is 0 Å². The van der Waals surface area contributed by atoms with Gasteiger partial charge in [0.25, 0.3) is 0 Å². The largest absolute Gasteiger partial charge is 0.493 e. The molecule has 6 heteroatoms. The van der Waals surface area contributed by atoms with Gasteiger partial charge in [-0.2, -0.15) is 0 Å². The first-order valence-electron chi connectivity index (χ1n) is 5.56. The van der Waals surface area contributed by atoms with Crippen LogP contribution in [0.2, 0.25) is 0 Å². The van der Waals surface area contributed by atoms with Gasteiger partial charge in [-0.1, -0.05) is 0 Å². The van der Waals surface area contributed by atoms with Crippen molar-refractivity contribution in [2.24, 2.45) is 0 Å². The lowest BCUT2D eigenvalue weighted by atomic mass is 10.2. The molecule has 0 aliphatic heterocycles. The average molecular weight is 320 g/mol. The molecular weight excluding hydrogens is 302 g/mol. The van der Waals surface area contributed by atoms with E-state index in [1.54, 1.807) is 20.3 Å². The van der Waals surface area contributed by atoms with Crippen LogP contribution in [0.4, 0.5) is 5.69 Å². The van der Waals surface area contributed by atoms with Gasteiger partial charge in [0.05, 0.1) is 33.1 Å². The van der Waals surface area contributed by atoms with E-state index in [0.29, 0.717) is 24.6 Å². The van der Waals surface area contributed by atoms with Gasteiger partial charge < -0.3 is 24.6 Å². The number of hydrogen-bond donors (Lipinski definition) is 2. The second-order valence-corrected chi connectivity index (χ2v) is 4.45. The Morgan fingerprint density at radius 2 is 1.56 bits per heavy atom. The van der Waals surface area contributed by atoms with Crippen LogP contribution in [0.25, 0.3) is 0 Å².